The van der Waals surface area contributed by atoms with Crippen molar-refractivity contribution in [2.24, 2.45) is 0 Å². The first-order valence-corrected chi connectivity index (χ1v) is 7.12. The first-order valence-electron chi connectivity index (χ1n) is 7.12. The molecule has 0 aliphatic rings. The molecule has 0 amide bonds. The molecule has 21 heavy (non-hydrogen) atoms. The van der Waals surface area contributed by atoms with Crippen LogP contribution in [0.25, 0.3) is 22.0 Å². The molecule has 0 spiro atoms. The van der Waals surface area contributed by atoms with Crippen LogP contribution in [-0.2, 0) is 5.41 Å². The lowest BCUT2D eigenvalue weighted by Crippen LogP contribution is -2.16. The van der Waals surface area contributed by atoms with Gasteiger partial charge in [-0.3, -0.25) is 0 Å². The molecule has 0 saturated carbocycles. The van der Waals surface area contributed by atoms with E-state index < -0.39 is 0 Å². The highest BCUT2D eigenvalue weighted by molar-refractivity contribution is 5.96. The summed E-state index contributed by atoms with van der Waals surface area (Å²) in [4.78, 5) is 4.27. The van der Waals surface area contributed by atoms with Crippen LogP contribution in [0, 0.1) is 5.95 Å². The Hall–Kier alpha value is -2.22. The standard InChI is InChI=1S/C19H18FN/c1-19(2,3)16-14-11-7-8-12-15(14)17(21-18(16)20)13-9-5-4-6-10-13/h4-12H,1-3H3. The highest BCUT2D eigenvalue weighted by Crippen LogP contribution is 2.35. The molecule has 3 rings (SSSR count). The molecule has 0 bridgehead atoms. The van der Waals surface area contributed by atoms with Gasteiger partial charge in [-0.2, -0.15) is 4.39 Å². The number of pyridine rings is 1. The Balaban J connectivity index is 2.40. The summed E-state index contributed by atoms with van der Waals surface area (Å²) in [6.45, 7) is 6.05. The lowest BCUT2D eigenvalue weighted by atomic mass is 9.84. The third kappa shape index (κ3) is 2.42. The van der Waals surface area contributed by atoms with Crippen LogP contribution in [0.15, 0.2) is 54.6 Å². The van der Waals surface area contributed by atoms with Gasteiger partial charge in [-0.1, -0.05) is 75.4 Å². The summed E-state index contributed by atoms with van der Waals surface area (Å²) in [5.74, 6) is -0.375. The van der Waals surface area contributed by atoms with Crippen molar-refractivity contribution in [3.05, 3.63) is 66.1 Å². The maximum absolute atomic E-state index is 14.7. The second-order valence-electron chi connectivity index (χ2n) is 6.29. The smallest absolute Gasteiger partial charge is 0.217 e. The van der Waals surface area contributed by atoms with Crippen molar-refractivity contribution in [2.45, 2.75) is 26.2 Å². The van der Waals surface area contributed by atoms with Crippen molar-refractivity contribution in [3.8, 4) is 11.3 Å². The van der Waals surface area contributed by atoms with Crippen LogP contribution >= 0.6 is 0 Å². The molecule has 3 aromatic rings. The van der Waals surface area contributed by atoms with E-state index in [2.05, 4.69) is 4.98 Å². The number of fused-ring (bicyclic) bond motifs is 1. The summed E-state index contributed by atoms with van der Waals surface area (Å²) >= 11 is 0. The van der Waals surface area contributed by atoms with Crippen LogP contribution in [-0.4, -0.2) is 4.98 Å². The number of halogens is 1. The summed E-state index contributed by atoms with van der Waals surface area (Å²) in [6.07, 6.45) is 0. The highest BCUT2D eigenvalue weighted by atomic mass is 19.1. The first-order chi connectivity index (χ1) is 9.98. The molecule has 1 aromatic heterocycles. The Morgan fingerprint density at radius 1 is 0.810 bits per heavy atom. The van der Waals surface area contributed by atoms with E-state index in [1.165, 1.54) is 0 Å². The number of hydrogen-bond acceptors (Lipinski definition) is 1. The second-order valence-corrected chi connectivity index (χ2v) is 6.29. The van der Waals surface area contributed by atoms with E-state index >= 15 is 0 Å². The van der Waals surface area contributed by atoms with Gasteiger partial charge in [0, 0.05) is 16.5 Å². The highest BCUT2D eigenvalue weighted by Gasteiger charge is 2.24. The molecule has 0 fully saturated rings. The molecular weight excluding hydrogens is 261 g/mol. The van der Waals surface area contributed by atoms with Gasteiger partial charge in [-0.15, -0.1) is 0 Å². The van der Waals surface area contributed by atoms with Gasteiger partial charge in [-0.25, -0.2) is 4.98 Å². The van der Waals surface area contributed by atoms with Crippen LogP contribution in [0.3, 0.4) is 0 Å². The maximum atomic E-state index is 14.7. The van der Waals surface area contributed by atoms with Crippen molar-refractivity contribution in [3.63, 3.8) is 0 Å². The van der Waals surface area contributed by atoms with Gasteiger partial charge >= 0.3 is 0 Å². The summed E-state index contributed by atoms with van der Waals surface area (Å²) in [5.41, 5.74) is 2.04. The molecule has 106 valence electrons. The number of aromatic nitrogens is 1. The number of benzene rings is 2. The average Bonchev–Trinajstić information content (AvgIpc) is 2.46. The lowest BCUT2D eigenvalue weighted by molar-refractivity contribution is 0.506. The Kier molecular flexibility index (Phi) is 3.25. The van der Waals surface area contributed by atoms with Gasteiger partial charge in [0.05, 0.1) is 5.69 Å². The molecule has 0 aliphatic heterocycles. The van der Waals surface area contributed by atoms with Gasteiger partial charge in [0.1, 0.15) is 0 Å². The fraction of sp³-hybridized carbons (Fsp3) is 0.211. The summed E-state index contributed by atoms with van der Waals surface area (Å²) in [6, 6.07) is 17.7. The van der Waals surface area contributed by atoms with E-state index in [9.17, 15) is 4.39 Å². The number of nitrogens with zero attached hydrogens (tertiary/aromatic N) is 1. The Bertz CT molecular complexity index is 786. The van der Waals surface area contributed by atoms with Crippen molar-refractivity contribution >= 4 is 10.8 Å². The molecule has 0 radical (unpaired) electrons. The van der Waals surface area contributed by atoms with Gasteiger partial charge < -0.3 is 0 Å². The Morgan fingerprint density at radius 2 is 1.38 bits per heavy atom. The molecule has 0 N–H and O–H groups in total. The molecule has 0 unspecified atom stereocenters. The predicted octanol–water partition coefficient (Wildman–Crippen LogP) is 5.34. The van der Waals surface area contributed by atoms with Gasteiger partial charge in [0.15, 0.2) is 0 Å². The van der Waals surface area contributed by atoms with E-state index in [0.717, 1.165) is 16.3 Å². The van der Waals surface area contributed by atoms with Crippen LogP contribution in [0.4, 0.5) is 4.39 Å². The molecule has 2 heteroatoms. The minimum Gasteiger partial charge on any atom is -0.219 e. The van der Waals surface area contributed by atoms with Crippen LogP contribution in [0.1, 0.15) is 26.3 Å². The van der Waals surface area contributed by atoms with Crippen molar-refractivity contribution in [1.29, 1.82) is 0 Å². The fourth-order valence-electron chi connectivity index (χ4n) is 2.76. The zero-order valence-electron chi connectivity index (χ0n) is 12.5. The largest absolute Gasteiger partial charge is 0.219 e. The fourth-order valence-corrected chi connectivity index (χ4v) is 2.76. The van der Waals surface area contributed by atoms with E-state index in [1.54, 1.807) is 0 Å². The summed E-state index contributed by atoms with van der Waals surface area (Å²) in [7, 11) is 0. The van der Waals surface area contributed by atoms with E-state index in [0.29, 0.717) is 11.3 Å². The third-order valence-electron chi connectivity index (χ3n) is 3.67. The summed E-state index contributed by atoms with van der Waals surface area (Å²) in [5, 5.41) is 1.94. The van der Waals surface area contributed by atoms with Crippen molar-refractivity contribution < 1.29 is 4.39 Å². The minimum atomic E-state index is -0.375. The number of rotatable bonds is 1. The van der Waals surface area contributed by atoms with Crippen LogP contribution < -0.4 is 0 Å². The van der Waals surface area contributed by atoms with Crippen molar-refractivity contribution in [2.75, 3.05) is 0 Å². The molecular formula is C19H18FN. The molecule has 0 atom stereocenters. The van der Waals surface area contributed by atoms with Gasteiger partial charge in [0.2, 0.25) is 5.95 Å². The molecule has 0 saturated heterocycles. The lowest BCUT2D eigenvalue weighted by Gasteiger charge is -2.22. The summed E-state index contributed by atoms with van der Waals surface area (Å²) < 4.78 is 14.7. The van der Waals surface area contributed by atoms with Crippen LogP contribution in [0.2, 0.25) is 0 Å². The normalized spacial score (nSPS) is 11.8. The van der Waals surface area contributed by atoms with E-state index in [1.807, 2.05) is 75.4 Å². The molecule has 1 heterocycles. The topological polar surface area (TPSA) is 12.9 Å². The Morgan fingerprint density at radius 3 is 2.00 bits per heavy atom. The zero-order valence-corrected chi connectivity index (χ0v) is 12.5. The van der Waals surface area contributed by atoms with E-state index in [4.69, 9.17) is 0 Å². The molecule has 1 nitrogen and oxygen atoms in total. The van der Waals surface area contributed by atoms with Crippen molar-refractivity contribution in [1.82, 2.24) is 4.98 Å². The zero-order chi connectivity index (χ0) is 15.0. The molecule has 0 aliphatic carbocycles. The quantitative estimate of drug-likeness (QED) is 0.548. The monoisotopic (exact) mass is 279 g/mol. The van der Waals surface area contributed by atoms with Gasteiger partial charge in [-0.05, 0) is 10.8 Å². The third-order valence-corrected chi connectivity index (χ3v) is 3.67. The molecule has 2 aromatic carbocycles. The minimum absolute atomic E-state index is 0.286. The predicted molar refractivity (Wildman–Crippen MR) is 85.8 cm³/mol. The van der Waals surface area contributed by atoms with Crippen LogP contribution in [0.5, 0.6) is 0 Å². The van der Waals surface area contributed by atoms with E-state index in [-0.39, 0.29) is 11.4 Å². The first kappa shape index (κ1) is 13.7. The number of hydrogen-bond donors (Lipinski definition) is 0. The maximum Gasteiger partial charge on any atom is 0.217 e. The van der Waals surface area contributed by atoms with Gasteiger partial charge in [0.25, 0.3) is 0 Å². The average molecular weight is 279 g/mol. The Labute approximate surface area is 124 Å². The SMILES string of the molecule is CC(C)(C)c1c(F)nc(-c2ccccc2)c2ccccc12. The second kappa shape index (κ2) is 4.96.